The van der Waals surface area contributed by atoms with Crippen LogP contribution in [0.5, 0.6) is 0 Å². The van der Waals surface area contributed by atoms with Crippen molar-refractivity contribution in [1.29, 1.82) is 0 Å². The molecular formula is C8H4I6. The SMILES string of the molecule is IC(I)(I)c1ccccc1C(I)(I)I. The fraction of sp³-hybridized carbons (Fsp3) is 0.250. The number of benzene rings is 1. The van der Waals surface area contributed by atoms with Gasteiger partial charge in [0.15, 0.2) is 0 Å². The molecule has 0 saturated heterocycles. The second kappa shape index (κ2) is 6.16. The summed E-state index contributed by atoms with van der Waals surface area (Å²) in [5.74, 6) is 0. The minimum atomic E-state index is 0.136. The maximum Gasteiger partial charge on any atom is 0.149 e. The van der Waals surface area contributed by atoms with Crippen molar-refractivity contribution in [2.24, 2.45) is 0 Å². The van der Waals surface area contributed by atoms with Crippen molar-refractivity contribution < 1.29 is 0 Å². The summed E-state index contributed by atoms with van der Waals surface area (Å²) in [5, 5.41) is 0. The van der Waals surface area contributed by atoms with Crippen molar-refractivity contribution in [2.75, 3.05) is 0 Å². The highest BCUT2D eigenvalue weighted by Crippen LogP contribution is 2.54. The van der Waals surface area contributed by atoms with E-state index in [9.17, 15) is 0 Å². The third kappa shape index (κ3) is 4.70. The summed E-state index contributed by atoms with van der Waals surface area (Å²) in [6.45, 7) is 0. The van der Waals surface area contributed by atoms with E-state index in [4.69, 9.17) is 0 Å². The van der Waals surface area contributed by atoms with Crippen molar-refractivity contribution in [3.63, 3.8) is 0 Å². The van der Waals surface area contributed by atoms with Crippen LogP contribution in [0.4, 0.5) is 0 Å². The number of alkyl halides is 6. The van der Waals surface area contributed by atoms with Crippen LogP contribution >= 0.6 is 136 Å². The van der Waals surface area contributed by atoms with E-state index in [0.29, 0.717) is 0 Å². The van der Waals surface area contributed by atoms with Crippen LogP contribution in [-0.2, 0) is -1.13 Å². The first-order valence-electron chi connectivity index (χ1n) is 3.46. The van der Waals surface area contributed by atoms with Gasteiger partial charge in [0, 0.05) is 0 Å². The molecule has 0 saturated carbocycles. The molecule has 6 heteroatoms. The molecule has 0 heterocycles. The zero-order chi connectivity index (χ0) is 11.0. The van der Waals surface area contributed by atoms with E-state index >= 15 is 0 Å². The number of rotatable bonds is 2. The van der Waals surface area contributed by atoms with E-state index in [2.05, 4.69) is 160 Å². The lowest BCUT2D eigenvalue weighted by molar-refractivity contribution is 1.30. The Bertz CT molecular complexity index is 288. The maximum atomic E-state index is 2.47. The van der Waals surface area contributed by atoms with Crippen molar-refractivity contribution in [3.8, 4) is 0 Å². The highest BCUT2D eigenvalue weighted by atomic mass is 127. The summed E-state index contributed by atoms with van der Waals surface area (Å²) in [4.78, 5) is 0. The van der Waals surface area contributed by atoms with Crippen LogP contribution in [-0.4, -0.2) is 0 Å². The number of hydrogen-bond acceptors (Lipinski definition) is 0. The Balaban J connectivity index is 3.31. The van der Waals surface area contributed by atoms with Crippen molar-refractivity contribution >= 4 is 136 Å². The molecule has 0 nitrogen and oxygen atoms in total. The lowest BCUT2D eigenvalue weighted by Gasteiger charge is -2.22. The van der Waals surface area contributed by atoms with Gasteiger partial charge in [0.25, 0.3) is 0 Å². The van der Waals surface area contributed by atoms with Crippen molar-refractivity contribution in [2.45, 2.75) is -1.13 Å². The average Bonchev–Trinajstić information content (AvgIpc) is 2.01. The van der Waals surface area contributed by atoms with Crippen molar-refractivity contribution in [1.82, 2.24) is 0 Å². The van der Waals surface area contributed by atoms with Gasteiger partial charge in [-0.2, -0.15) is 0 Å². The molecule has 0 bridgehead atoms. The fourth-order valence-corrected chi connectivity index (χ4v) is 3.80. The summed E-state index contributed by atoms with van der Waals surface area (Å²) >= 11 is 14.8. The summed E-state index contributed by atoms with van der Waals surface area (Å²) < 4.78 is 0.271. The largest absolute Gasteiger partial charge is 0.149 e. The van der Waals surface area contributed by atoms with Gasteiger partial charge in [-0.1, -0.05) is 24.3 Å². The predicted octanol–water partition coefficient (Wildman–Crippen LogP) is 6.52. The molecule has 0 aliphatic carbocycles. The molecule has 1 aromatic carbocycles. The van der Waals surface area contributed by atoms with Gasteiger partial charge in [0.05, 0.1) is 0 Å². The molecule has 0 radical (unpaired) electrons. The first-order chi connectivity index (χ1) is 6.23. The highest BCUT2D eigenvalue weighted by molar-refractivity contribution is 14.3. The van der Waals surface area contributed by atoms with Crippen LogP contribution < -0.4 is 0 Å². The van der Waals surface area contributed by atoms with Crippen molar-refractivity contribution in [3.05, 3.63) is 35.4 Å². The van der Waals surface area contributed by atoms with Crippen LogP contribution in [0.15, 0.2) is 24.3 Å². The molecule has 0 N–H and O–H groups in total. The van der Waals surface area contributed by atoms with Crippen LogP contribution in [0.1, 0.15) is 11.1 Å². The molecule has 0 amide bonds. The minimum Gasteiger partial charge on any atom is -0.0619 e. The Morgan fingerprint density at radius 2 is 0.929 bits per heavy atom. The second-order valence-corrected chi connectivity index (χ2v) is 24.6. The molecule has 0 aliphatic heterocycles. The second-order valence-electron chi connectivity index (χ2n) is 2.54. The average molecular weight is 862 g/mol. The van der Waals surface area contributed by atoms with Gasteiger partial charge in [-0.05, 0) is 147 Å². The lowest BCUT2D eigenvalue weighted by atomic mass is 10.1. The molecule has 0 aliphatic rings. The molecule has 0 spiro atoms. The van der Waals surface area contributed by atoms with Gasteiger partial charge in [-0.15, -0.1) is 0 Å². The van der Waals surface area contributed by atoms with Crippen LogP contribution in [0.25, 0.3) is 0 Å². The predicted molar refractivity (Wildman–Crippen MR) is 114 cm³/mol. The molecular weight excluding hydrogens is 858 g/mol. The first-order valence-corrected chi connectivity index (χ1v) is 9.93. The molecule has 78 valence electrons. The van der Waals surface area contributed by atoms with E-state index in [1.165, 1.54) is 11.1 Å². The maximum absolute atomic E-state index is 2.47. The molecule has 0 aromatic heterocycles. The lowest BCUT2D eigenvalue weighted by Crippen LogP contribution is -2.08. The third-order valence-electron chi connectivity index (χ3n) is 1.54. The zero-order valence-corrected chi connectivity index (χ0v) is 19.5. The van der Waals surface area contributed by atoms with Gasteiger partial charge in [0.1, 0.15) is -1.13 Å². The summed E-state index contributed by atoms with van der Waals surface area (Å²) in [6.07, 6.45) is 0. The standard InChI is InChI=1S/C8H4I6/c9-7(10,11)5-3-1-2-4-6(5)8(12,13)14/h1-4H. The van der Waals surface area contributed by atoms with Crippen LogP contribution in [0.3, 0.4) is 0 Å². The quantitative estimate of drug-likeness (QED) is 0.235. The molecule has 0 fully saturated rings. The third-order valence-corrected chi connectivity index (χ3v) is 5.02. The van der Waals surface area contributed by atoms with Gasteiger partial charge in [0.2, 0.25) is 0 Å². The van der Waals surface area contributed by atoms with E-state index in [-0.39, 0.29) is -1.13 Å². The molecule has 0 atom stereocenters. The summed E-state index contributed by atoms with van der Waals surface area (Å²) in [6, 6.07) is 8.65. The minimum absolute atomic E-state index is 0.136. The Morgan fingerprint density at radius 1 is 0.643 bits per heavy atom. The fourth-order valence-electron chi connectivity index (χ4n) is 0.978. The van der Waals surface area contributed by atoms with E-state index in [0.717, 1.165) is 0 Å². The number of halogens is 6. The van der Waals surface area contributed by atoms with Gasteiger partial charge in [-0.3, -0.25) is 0 Å². The van der Waals surface area contributed by atoms with Gasteiger partial charge < -0.3 is 0 Å². The monoisotopic (exact) mass is 861 g/mol. The summed E-state index contributed by atoms with van der Waals surface area (Å²) in [7, 11) is 0. The van der Waals surface area contributed by atoms with Crippen LogP contribution in [0.2, 0.25) is 0 Å². The van der Waals surface area contributed by atoms with Crippen LogP contribution in [0, 0.1) is 0 Å². The summed E-state index contributed by atoms with van der Waals surface area (Å²) in [5.41, 5.74) is 2.81. The zero-order valence-electron chi connectivity index (χ0n) is 6.58. The molecule has 1 rings (SSSR count). The topological polar surface area (TPSA) is 0 Å². The molecule has 1 aromatic rings. The smallest absolute Gasteiger partial charge is 0.0619 e. The molecule has 14 heavy (non-hydrogen) atoms. The van der Waals surface area contributed by atoms with Gasteiger partial charge in [-0.25, -0.2) is 0 Å². The Labute approximate surface area is 166 Å². The Hall–Kier alpha value is 3.60. The Kier molecular flexibility index (Phi) is 6.89. The normalized spacial score (nSPS) is 13.0. The Morgan fingerprint density at radius 3 is 1.14 bits per heavy atom. The molecule has 0 unspecified atom stereocenters. The number of hydrogen-bond donors (Lipinski definition) is 0. The van der Waals surface area contributed by atoms with Gasteiger partial charge >= 0.3 is 0 Å². The van der Waals surface area contributed by atoms with E-state index < -0.39 is 0 Å². The first kappa shape index (κ1) is 15.7. The highest BCUT2D eigenvalue weighted by Gasteiger charge is 2.31. The van der Waals surface area contributed by atoms with E-state index in [1.54, 1.807) is 0 Å². The van der Waals surface area contributed by atoms with E-state index in [1.807, 2.05) is 0 Å².